The molecular weight excluding hydrogens is 352 g/mol. The standard InChI is InChI=1S/C18H22N4O3S/c1-11-6-12(2)17(13(3)7-11)22-18(23)15-8-16(20-10-19-15)21-14-4-5-26(24,25)9-14/h6-8,10,14H,4-5,9H2,1-3H3,(H,22,23)(H,19,20,21). The summed E-state index contributed by atoms with van der Waals surface area (Å²) in [5.41, 5.74) is 4.11. The van der Waals surface area contributed by atoms with Gasteiger partial charge in [0.05, 0.1) is 11.5 Å². The smallest absolute Gasteiger partial charge is 0.274 e. The molecule has 0 bridgehead atoms. The van der Waals surface area contributed by atoms with Crippen LogP contribution in [0.1, 0.15) is 33.6 Å². The van der Waals surface area contributed by atoms with E-state index in [1.54, 1.807) is 6.07 Å². The fourth-order valence-electron chi connectivity index (χ4n) is 3.23. The van der Waals surface area contributed by atoms with Crippen LogP contribution in [-0.2, 0) is 9.84 Å². The monoisotopic (exact) mass is 374 g/mol. The molecule has 1 aromatic carbocycles. The first-order valence-corrected chi connectivity index (χ1v) is 10.2. The number of benzene rings is 1. The normalized spacial score (nSPS) is 18.5. The summed E-state index contributed by atoms with van der Waals surface area (Å²) in [7, 11) is -2.98. The van der Waals surface area contributed by atoms with Crippen LogP contribution in [0.4, 0.5) is 11.5 Å². The Morgan fingerprint density at radius 3 is 2.42 bits per heavy atom. The van der Waals surface area contributed by atoms with Crippen molar-refractivity contribution in [2.75, 3.05) is 22.1 Å². The second-order valence-corrected chi connectivity index (χ2v) is 8.99. The van der Waals surface area contributed by atoms with E-state index in [9.17, 15) is 13.2 Å². The molecule has 1 aliphatic rings. The molecule has 7 nitrogen and oxygen atoms in total. The van der Waals surface area contributed by atoms with Crippen molar-refractivity contribution in [3.05, 3.63) is 46.9 Å². The lowest BCUT2D eigenvalue weighted by atomic mass is 10.0. The Morgan fingerprint density at radius 2 is 1.81 bits per heavy atom. The second-order valence-electron chi connectivity index (χ2n) is 6.76. The van der Waals surface area contributed by atoms with Crippen molar-refractivity contribution in [1.29, 1.82) is 0 Å². The average Bonchev–Trinajstić information content (AvgIpc) is 2.89. The first kappa shape index (κ1) is 18.3. The lowest BCUT2D eigenvalue weighted by Crippen LogP contribution is -2.22. The topological polar surface area (TPSA) is 101 Å². The number of nitrogens with one attached hydrogen (secondary N) is 2. The van der Waals surface area contributed by atoms with E-state index in [1.165, 1.54) is 6.33 Å². The molecule has 2 aromatic rings. The highest BCUT2D eigenvalue weighted by molar-refractivity contribution is 7.91. The van der Waals surface area contributed by atoms with E-state index in [2.05, 4.69) is 20.6 Å². The molecule has 1 saturated heterocycles. The summed E-state index contributed by atoms with van der Waals surface area (Å²) in [6.45, 7) is 5.91. The fourth-order valence-corrected chi connectivity index (χ4v) is 4.91. The third-order valence-electron chi connectivity index (χ3n) is 4.40. The van der Waals surface area contributed by atoms with Crippen LogP contribution in [0.2, 0.25) is 0 Å². The molecule has 8 heteroatoms. The molecule has 0 spiro atoms. The Morgan fingerprint density at radius 1 is 1.12 bits per heavy atom. The Labute approximate surface area is 153 Å². The van der Waals surface area contributed by atoms with Gasteiger partial charge in [-0.1, -0.05) is 17.7 Å². The quantitative estimate of drug-likeness (QED) is 0.851. The minimum absolute atomic E-state index is 0.0836. The Hall–Kier alpha value is -2.48. The number of amides is 1. The maximum Gasteiger partial charge on any atom is 0.274 e. The Balaban J connectivity index is 1.75. The first-order chi connectivity index (χ1) is 12.2. The van der Waals surface area contributed by atoms with E-state index in [1.807, 2.05) is 32.9 Å². The lowest BCUT2D eigenvalue weighted by Gasteiger charge is -2.14. The number of rotatable bonds is 4. The first-order valence-electron chi connectivity index (χ1n) is 8.42. The van der Waals surface area contributed by atoms with Gasteiger partial charge in [-0.3, -0.25) is 4.79 Å². The van der Waals surface area contributed by atoms with Crippen LogP contribution in [0.3, 0.4) is 0 Å². The van der Waals surface area contributed by atoms with Crippen LogP contribution >= 0.6 is 0 Å². The largest absolute Gasteiger partial charge is 0.366 e. The van der Waals surface area contributed by atoms with Gasteiger partial charge >= 0.3 is 0 Å². The van der Waals surface area contributed by atoms with Gasteiger partial charge in [-0.2, -0.15) is 0 Å². The van der Waals surface area contributed by atoms with Gasteiger partial charge in [0.25, 0.3) is 5.91 Å². The maximum atomic E-state index is 12.6. The van der Waals surface area contributed by atoms with Crippen molar-refractivity contribution in [2.45, 2.75) is 33.2 Å². The third-order valence-corrected chi connectivity index (χ3v) is 6.17. The molecule has 1 amide bonds. The van der Waals surface area contributed by atoms with Crippen molar-refractivity contribution in [3.8, 4) is 0 Å². The number of hydrogen-bond acceptors (Lipinski definition) is 6. The molecule has 1 atom stereocenters. The van der Waals surface area contributed by atoms with Gasteiger partial charge in [0, 0.05) is 17.8 Å². The molecule has 1 aromatic heterocycles. The molecule has 3 rings (SSSR count). The number of carbonyl (C=O) groups excluding carboxylic acids is 1. The van der Waals surface area contributed by atoms with E-state index in [0.717, 1.165) is 22.4 Å². The number of hydrogen-bond donors (Lipinski definition) is 2. The van der Waals surface area contributed by atoms with E-state index in [-0.39, 0.29) is 29.1 Å². The molecule has 138 valence electrons. The summed E-state index contributed by atoms with van der Waals surface area (Å²) in [5, 5.41) is 5.98. The molecule has 1 aliphatic heterocycles. The van der Waals surface area contributed by atoms with Crippen LogP contribution in [0.25, 0.3) is 0 Å². The van der Waals surface area contributed by atoms with Gasteiger partial charge in [0.15, 0.2) is 9.84 Å². The summed E-state index contributed by atoms with van der Waals surface area (Å²) >= 11 is 0. The molecule has 2 N–H and O–H groups in total. The number of nitrogens with zero attached hydrogens (tertiary/aromatic N) is 2. The fraction of sp³-hybridized carbons (Fsp3) is 0.389. The number of sulfone groups is 1. The van der Waals surface area contributed by atoms with E-state index < -0.39 is 9.84 Å². The summed E-state index contributed by atoms with van der Waals surface area (Å²) in [4.78, 5) is 20.7. The summed E-state index contributed by atoms with van der Waals surface area (Å²) in [6, 6.07) is 5.37. The van der Waals surface area contributed by atoms with Gasteiger partial charge < -0.3 is 10.6 Å². The zero-order valence-electron chi connectivity index (χ0n) is 15.0. The van der Waals surface area contributed by atoms with Crippen LogP contribution in [0.5, 0.6) is 0 Å². The number of carbonyl (C=O) groups is 1. The molecule has 0 aliphatic carbocycles. The summed E-state index contributed by atoms with van der Waals surface area (Å²) in [5.74, 6) is 0.379. The highest BCUT2D eigenvalue weighted by atomic mass is 32.2. The van der Waals surface area contributed by atoms with Gasteiger partial charge in [-0.05, 0) is 38.3 Å². The van der Waals surface area contributed by atoms with Crippen molar-refractivity contribution in [2.24, 2.45) is 0 Å². The number of aryl methyl sites for hydroxylation is 3. The molecule has 0 radical (unpaired) electrons. The van der Waals surface area contributed by atoms with Crippen LogP contribution in [-0.4, -0.2) is 41.8 Å². The summed E-state index contributed by atoms with van der Waals surface area (Å²) < 4.78 is 23.1. The van der Waals surface area contributed by atoms with Crippen molar-refractivity contribution < 1.29 is 13.2 Å². The third kappa shape index (κ3) is 4.19. The van der Waals surface area contributed by atoms with Crippen LogP contribution < -0.4 is 10.6 Å². The predicted molar refractivity (Wildman–Crippen MR) is 101 cm³/mol. The molecule has 1 fully saturated rings. The van der Waals surface area contributed by atoms with Crippen LogP contribution in [0, 0.1) is 20.8 Å². The van der Waals surface area contributed by atoms with Gasteiger partial charge in [-0.25, -0.2) is 18.4 Å². The molecule has 0 saturated carbocycles. The second kappa shape index (κ2) is 7.03. The molecule has 1 unspecified atom stereocenters. The highest BCUT2D eigenvalue weighted by Gasteiger charge is 2.28. The SMILES string of the molecule is Cc1cc(C)c(NC(=O)c2cc(NC3CCS(=O)(=O)C3)ncn2)c(C)c1. The van der Waals surface area contributed by atoms with E-state index in [0.29, 0.717) is 12.2 Å². The van der Waals surface area contributed by atoms with Gasteiger partial charge in [-0.15, -0.1) is 0 Å². The molecule has 2 heterocycles. The van der Waals surface area contributed by atoms with Gasteiger partial charge in [0.2, 0.25) is 0 Å². The zero-order valence-corrected chi connectivity index (χ0v) is 15.9. The average molecular weight is 374 g/mol. The minimum Gasteiger partial charge on any atom is -0.366 e. The van der Waals surface area contributed by atoms with Crippen molar-refractivity contribution in [1.82, 2.24) is 9.97 Å². The van der Waals surface area contributed by atoms with Gasteiger partial charge in [0.1, 0.15) is 17.8 Å². The number of anilines is 2. The zero-order chi connectivity index (χ0) is 18.9. The van der Waals surface area contributed by atoms with E-state index in [4.69, 9.17) is 0 Å². The lowest BCUT2D eigenvalue weighted by molar-refractivity contribution is 0.102. The number of aromatic nitrogens is 2. The van der Waals surface area contributed by atoms with Crippen LogP contribution in [0.15, 0.2) is 24.5 Å². The maximum absolute atomic E-state index is 12.6. The molecular formula is C18H22N4O3S. The highest BCUT2D eigenvalue weighted by Crippen LogP contribution is 2.23. The van der Waals surface area contributed by atoms with Crippen molar-refractivity contribution >= 4 is 27.2 Å². The van der Waals surface area contributed by atoms with E-state index >= 15 is 0 Å². The Bertz CT molecular complexity index is 934. The minimum atomic E-state index is -2.98. The summed E-state index contributed by atoms with van der Waals surface area (Å²) in [6.07, 6.45) is 1.84. The predicted octanol–water partition coefficient (Wildman–Crippen LogP) is 2.25. The molecule has 26 heavy (non-hydrogen) atoms. The van der Waals surface area contributed by atoms with Crippen molar-refractivity contribution in [3.63, 3.8) is 0 Å². The Kier molecular flexibility index (Phi) is 4.95.